The summed E-state index contributed by atoms with van der Waals surface area (Å²) in [6.07, 6.45) is 0. The molecule has 0 fully saturated rings. The van der Waals surface area contributed by atoms with E-state index in [2.05, 4.69) is 37.0 Å². The van der Waals surface area contributed by atoms with Crippen molar-refractivity contribution in [1.29, 1.82) is 0 Å². The predicted octanol–water partition coefficient (Wildman–Crippen LogP) is 3.40. The lowest BCUT2D eigenvalue weighted by atomic mass is 10.0. The van der Waals surface area contributed by atoms with Gasteiger partial charge in [-0.2, -0.15) is 0 Å². The van der Waals surface area contributed by atoms with Crippen LogP contribution in [0.5, 0.6) is 0 Å². The maximum atomic E-state index is 11.1. The van der Waals surface area contributed by atoms with Crippen LogP contribution < -0.4 is 5.76 Å². The molecule has 0 unspecified atom stereocenters. The molecular formula is C15H13NO2. The van der Waals surface area contributed by atoms with Crippen molar-refractivity contribution in [2.75, 3.05) is 0 Å². The molecule has 1 aromatic heterocycles. The molecular weight excluding hydrogens is 226 g/mol. The van der Waals surface area contributed by atoms with Gasteiger partial charge in [-0.25, -0.2) is 4.79 Å². The molecule has 0 bridgehead atoms. The minimum absolute atomic E-state index is 0.414. The lowest BCUT2D eigenvalue weighted by Crippen LogP contribution is -1.92. The fourth-order valence-electron chi connectivity index (χ4n) is 2.27. The number of benzene rings is 2. The Morgan fingerprint density at radius 2 is 1.67 bits per heavy atom. The second kappa shape index (κ2) is 3.88. The Bertz CT molecular complexity index is 760. The first-order chi connectivity index (χ1) is 8.61. The van der Waals surface area contributed by atoms with E-state index in [9.17, 15) is 4.79 Å². The van der Waals surface area contributed by atoms with Crippen molar-refractivity contribution in [3.05, 3.63) is 58.1 Å². The SMILES string of the molecule is Cc1cc(C)cc(-c2ccc3oc(=O)[nH]c3c2)c1. The maximum Gasteiger partial charge on any atom is 0.417 e. The molecule has 18 heavy (non-hydrogen) atoms. The number of hydrogen-bond acceptors (Lipinski definition) is 2. The summed E-state index contributed by atoms with van der Waals surface area (Å²) < 4.78 is 5.00. The number of H-pyrrole nitrogens is 1. The van der Waals surface area contributed by atoms with Crippen molar-refractivity contribution in [1.82, 2.24) is 4.98 Å². The van der Waals surface area contributed by atoms with E-state index in [1.165, 1.54) is 11.1 Å². The third kappa shape index (κ3) is 1.84. The lowest BCUT2D eigenvalue weighted by molar-refractivity contribution is 0.555. The summed E-state index contributed by atoms with van der Waals surface area (Å²) in [5.41, 5.74) is 6.00. The fourth-order valence-corrected chi connectivity index (χ4v) is 2.27. The van der Waals surface area contributed by atoms with Crippen molar-refractivity contribution >= 4 is 11.1 Å². The van der Waals surface area contributed by atoms with Crippen LogP contribution in [-0.4, -0.2) is 4.98 Å². The molecule has 0 atom stereocenters. The van der Waals surface area contributed by atoms with E-state index >= 15 is 0 Å². The highest BCUT2D eigenvalue weighted by Gasteiger charge is 2.04. The number of nitrogens with one attached hydrogen (secondary N) is 1. The van der Waals surface area contributed by atoms with E-state index in [4.69, 9.17) is 4.42 Å². The van der Waals surface area contributed by atoms with E-state index in [0.717, 1.165) is 16.6 Å². The van der Waals surface area contributed by atoms with Gasteiger partial charge < -0.3 is 4.42 Å². The maximum absolute atomic E-state index is 11.1. The zero-order valence-corrected chi connectivity index (χ0v) is 10.3. The summed E-state index contributed by atoms with van der Waals surface area (Å²) in [5.74, 6) is -0.414. The Kier molecular flexibility index (Phi) is 2.33. The Morgan fingerprint density at radius 3 is 2.39 bits per heavy atom. The van der Waals surface area contributed by atoms with Crippen LogP contribution in [0, 0.1) is 13.8 Å². The average molecular weight is 239 g/mol. The quantitative estimate of drug-likeness (QED) is 0.707. The highest BCUT2D eigenvalue weighted by Crippen LogP contribution is 2.25. The van der Waals surface area contributed by atoms with E-state index in [0.29, 0.717) is 5.58 Å². The molecule has 2 aromatic carbocycles. The molecule has 0 saturated carbocycles. The number of rotatable bonds is 1. The molecule has 3 heteroatoms. The first-order valence-corrected chi connectivity index (χ1v) is 5.83. The van der Waals surface area contributed by atoms with Gasteiger partial charge >= 0.3 is 5.76 Å². The van der Waals surface area contributed by atoms with Gasteiger partial charge in [-0.1, -0.05) is 35.4 Å². The highest BCUT2D eigenvalue weighted by atomic mass is 16.4. The number of hydrogen-bond donors (Lipinski definition) is 1. The van der Waals surface area contributed by atoms with Crippen LogP contribution in [0.25, 0.3) is 22.2 Å². The van der Waals surface area contributed by atoms with Crippen molar-refractivity contribution < 1.29 is 4.42 Å². The second-order valence-electron chi connectivity index (χ2n) is 4.60. The monoisotopic (exact) mass is 239 g/mol. The molecule has 0 radical (unpaired) electrons. The van der Waals surface area contributed by atoms with Crippen molar-refractivity contribution in [2.24, 2.45) is 0 Å². The van der Waals surface area contributed by atoms with Gasteiger partial charge in [0.25, 0.3) is 0 Å². The van der Waals surface area contributed by atoms with Crippen LogP contribution in [0.3, 0.4) is 0 Å². The standard InChI is InChI=1S/C15H13NO2/c1-9-5-10(2)7-12(6-9)11-3-4-14-13(8-11)16-15(17)18-14/h3-8H,1-2H3,(H,16,17). The molecule has 0 aliphatic carbocycles. The summed E-state index contributed by atoms with van der Waals surface area (Å²) in [6, 6.07) is 12.1. The average Bonchev–Trinajstić information content (AvgIpc) is 2.66. The van der Waals surface area contributed by atoms with Crippen molar-refractivity contribution in [2.45, 2.75) is 13.8 Å². The van der Waals surface area contributed by atoms with E-state index in [1.54, 1.807) is 0 Å². The largest absolute Gasteiger partial charge is 0.417 e. The van der Waals surface area contributed by atoms with Crippen molar-refractivity contribution in [3.8, 4) is 11.1 Å². The van der Waals surface area contributed by atoms with Gasteiger partial charge in [0.1, 0.15) is 0 Å². The normalized spacial score (nSPS) is 11.0. The molecule has 90 valence electrons. The fraction of sp³-hybridized carbons (Fsp3) is 0.133. The molecule has 1 heterocycles. The lowest BCUT2D eigenvalue weighted by Gasteiger charge is -2.05. The molecule has 0 saturated heterocycles. The zero-order valence-electron chi connectivity index (χ0n) is 10.3. The smallest absolute Gasteiger partial charge is 0.408 e. The number of aromatic nitrogens is 1. The zero-order chi connectivity index (χ0) is 12.7. The molecule has 3 rings (SSSR count). The first kappa shape index (κ1) is 10.8. The van der Waals surface area contributed by atoms with Gasteiger partial charge in [0, 0.05) is 0 Å². The van der Waals surface area contributed by atoms with Gasteiger partial charge in [0.2, 0.25) is 0 Å². The third-order valence-electron chi connectivity index (χ3n) is 2.97. The summed E-state index contributed by atoms with van der Waals surface area (Å²) >= 11 is 0. The Balaban J connectivity index is 2.21. The molecule has 3 nitrogen and oxygen atoms in total. The van der Waals surface area contributed by atoms with Gasteiger partial charge in [-0.3, -0.25) is 4.98 Å². The van der Waals surface area contributed by atoms with Crippen LogP contribution in [0.1, 0.15) is 11.1 Å². The summed E-state index contributed by atoms with van der Waals surface area (Å²) in [7, 11) is 0. The number of oxazole rings is 1. The topological polar surface area (TPSA) is 46.0 Å². The van der Waals surface area contributed by atoms with Crippen LogP contribution >= 0.6 is 0 Å². The van der Waals surface area contributed by atoms with Gasteiger partial charge in [-0.15, -0.1) is 0 Å². The van der Waals surface area contributed by atoms with Gasteiger partial charge in [0.15, 0.2) is 5.58 Å². The Hall–Kier alpha value is -2.29. The summed E-state index contributed by atoms with van der Waals surface area (Å²) in [4.78, 5) is 13.8. The van der Waals surface area contributed by atoms with Crippen LogP contribution in [0.2, 0.25) is 0 Å². The number of fused-ring (bicyclic) bond motifs is 1. The van der Waals surface area contributed by atoms with E-state index < -0.39 is 5.76 Å². The minimum Gasteiger partial charge on any atom is -0.408 e. The van der Waals surface area contributed by atoms with Crippen molar-refractivity contribution in [3.63, 3.8) is 0 Å². The molecule has 0 amide bonds. The second-order valence-corrected chi connectivity index (χ2v) is 4.60. The number of aryl methyl sites for hydroxylation is 2. The molecule has 3 aromatic rings. The Labute approximate surface area is 104 Å². The van der Waals surface area contributed by atoms with Crippen LogP contribution in [0.4, 0.5) is 0 Å². The molecule has 0 aliphatic heterocycles. The number of aromatic amines is 1. The molecule has 1 N–H and O–H groups in total. The Morgan fingerprint density at radius 1 is 0.944 bits per heavy atom. The van der Waals surface area contributed by atoms with Gasteiger partial charge in [0.05, 0.1) is 5.52 Å². The van der Waals surface area contributed by atoms with Crippen LogP contribution in [-0.2, 0) is 0 Å². The molecule has 0 aliphatic rings. The summed E-state index contributed by atoms with van der Waals surface area (Å²) in [5, 5.41) is 0. The predicted molar refractivity (Wildman–Crippen MR) is 71.7 cm³/mol. The van der Waals surface area contributed by atoms with E-state index in [1.807, 2.05) is 18.2 Å². The van der Waals surface area contributed by atoms with Gasteiger partial charge in [-0.05, 0) is 37.1 Å². The third-order valence-corrected chi connectivity index (χ3v) is 2.97. The van der Waals surface area contributed by atoms with Crippen LogP contribution in [0.15, 0.2) is 45.6 Å². The first-order valence-electron chi connectivity index (χ1n) is 5.83. The highest BCUT2D eigenvalue weighted by molar-refractivity contribution is 5.80. The molecule has 0 spiro atoms. The minimum atomic E-state index is -0.414. The van der Waals surface area contributed by atoms with E-state index in [-0.39, 0.29) is 0 Å². The summed E-state index contributed by atoms with van der Waals surface area (Å²) in [6.45, 7) is 4.16.